The van der Waals surface area contributed by atoms with Crippen LogP contribution in [0.15, 0.2) is 24.3 Å². The average Bonchev–Trinajstić information content (AvgIpc) is 3.08. The molecule has 1 aromatic carbocycles. The number of nitrogens with zero attached hydrogens (tertiary/aromatic N) is 1. The van der Waals surface area contributed by atoms with E-state index < -0.39 is 18.4 Å². The molecule has 2 amide bonds. The molecule has 3 rings (SSSR count). The first kappa shape index (κ1) is 18.3. The Hall–Kier alpha value is -2.48. The van der Waals surface area contributed by atoms with Gasteiger partial charge in [0.25, 0.3) is 5.91 Å². The summed E-state index contributed by atoms with van der Waals surface area (Å²) in [6, 6.07) is 7.91. The zero-order chi connectivity index (χ0) is 18.5. The van der Waals surface area contributed by atoms with Crippen LogP contribution in [0, 0.1) is 5.92 Å². The molecule has 0 unspecified atom stereocenters. The molecule has 0 spiro atoms. The fraction of sp³-hybridized carbons (Fsp3) is 0.444. The van der Waals surface area contributed by atoms with Gasteiger partial charge in [-0.2, -0.15) is 0 Å². The third-order valence-corrected chi connectivity index (χ3v) is 5.67. The van der Waals surface area contributed by atoms with Crippen LogP contribution in [-0.2, 0) is 19.1 Å². The second-order valence-corrected chi connectivity index (χ2v) is 7.43. The van der Waals surface area contributed by atoms with Crippen LogP contribution in [0.2, 0.25) is 0 Å². The normalized spacial score (nSPS) is 19.8. The molecular formula is C18H21N3O4S. The maximum atomic E-state index is 12.5. The number of rotatable bonds is 6. The summed E-state index contributed by atoms with van der Waals surface area (Å²) < 4.78 is 6.28. The number of thiazole rings is 1. The van der Waals surface area contributed by atoms with Crippen LogP contribution >= 0.6 is 11.3 Å². The second-order valence-electron chi connectivity index (χ2n) is 6.37. The van der Waals surface area contributed by atoms with Crippen molar-refractivity contribution in [3.63, 3.8) is 0 Å². The number of nitrogens with one attached hydrogen (secondary N) is 1. The molecule has 138 valence electrons. The van der Waals surface area contributed by atoms with Gasteiger partial charge in [0, 0.05) is 5.92 Å². The molecule has 1 aliphatic rings. The molecule has 8 heteroatoms. The number of amides is 2. The van der Waals surface area contributed by atoms with Gasteiger partial charge < -0.3 is 15.8 Å². The number of carbonyl (C=O) groups excluding carboxylic acids is 3. The topological polar surface area (TPSA) is 111 Å². The smallest absolute Gasteiger partial charge is 0.310 e. The van der Waals surface area contributed by atoms with E-state index in [1.165, 1.54) is 0 Å². The lowest BCUT2D eigenvalue weighted by atomic mass is 9.79. The molecular weight excluding hydrogens is 354 g/mol. The van der Waals surface area contributed by atoms with Crippen LogP contribution in [0.4, 0.5) is 0 Å². The minimum absolute atomic E-state index is 0.0160. The fourth-order valence-corrected chi connectivity index (χ4v) is 4.41. The van der Waals surface area contributed by atoms with Gasteiger partial charge in [-0.3, -0.25) is 14.4 Å². The molecule has 7 nitrogen and oxygen atoms in total. The number of fused-ring (bicyclic) bond motifs is 1. The number of hydrogen-bond acceptors (Lipinski definition) is 6. The number of benzene rings is 1. The van der Waals surface area contributed by atoms with Crippen molar-refractivity contribution in [2.24, 2.45) is 11.7 Å². The Kier molecular flexibility index (Phi) is 5.82. The minimum atomic E-state index is -0.646. The Bertz CT molecular complexity index is 787. The van der Waals surface area contributed by atoms with Crippen LogP contribution in [0.3, 0.4) is 0 Å². The summed E-state index contributed by atoms with van der Waals surface area (Å²) in [6.07, 6.45) is 3.61. The zero-order valence-corrected chi connectivity index (χ0v) is 15.1. The number of aromatic nitrogens is 1. The zero-order valence-electron chi connectivity index (χ0n) is 14.3. The Balaban J connectivity index is 1.65. The molecule has 0 saturated heterocycles. The highest BCUT2D eigenvalue weighted by Crippen LogP contribution is 2.41. The maximum absolute atomic E-state index is 12.5. The van der Waals surface area contributed by atoms with Gasteiger partial charge in [-0.15, -0.1) is 11.3 Å². The Labute approximate surface area is 154 Å². The van der Waals surface area contributed by atoms with Gasteiger partial charge >= 0.3 is 5.97 Å². The van der Waals surface area contributed by atoms with Gasteiger partial charge in [-0.05, 0) is 25.0 Å². The van der Waals surface area contributed by atoms with Gasteiger partial charge in [0.15, 0.2) is 6.61 Å². The Morgan fingerprint density at radius 1 is 1.23 bits per heavy atom. The highest BCUT2D eigenvalue weighted by Gasteiger charge is 2.35. The van der Waals surface area contributed by atoms with E-state index in [4.69, 9.17) is 15.5 Å². The van der Waals surface area contributed by atoms with E-state index in [-0.39, 0.29) is 24.3 Å². The standard InChI is InChI=1S/C18H21N3O4S/c19-15(22)9-20-16(23)10-25-18(24)12-6-2-1-5-11(12)17-21-13-7-3-4-8-14(13)26-17/h3-4,7-8,11-12H,1-2,5-6,9-10H2,(H2,19,22)(H,20,23)/t11-,12-/m0/s1. The molecule has 1 saturated carbocycles. The monoisotopic (exact) mass is 375 g/mol. The van der Waals surface area contributed by atoms with E-state index in [0.29, 0.717) is 0 Å². The van der Waals surface area contributed by atoms with Gasteiger partial charge in [0.05, 0.1) is 27.7 Å². The summed E-state index contributed by atoms with van der Waals surface area (Å²) in [5.41, 5.74) is 5.90. The minimum Gasteiger partial charge on any atom is -0.455 e. The lowest BCUT2D eigenvalue weighted by Crippen LogP contribution is -2.37. The Morgan fingerprint density at radius 2 is 2.00 bits per heavy atom. The van der Waals surface area contributed by atoms with Crippen LogP contribution < -0.4 is 11.1 Å². The summed E-state index contributed by atoms with van der Waals surface area (Å²) in [6.45, 7) is -0.677. The number of hydrogen-bond donors (Lipinski definition) is 2. The maximum Gasteiger partial charge on any atom is 0.310 e. The predicted octanol–water partition coefficient (Wildman–Crippen LogP) is 1.71. The lowest BCUT2D eigenvalue weighted by molar-refractivity contribution is -0.154. The molecule has 2 aromatic rings. The first-order valence-electron chi connectivity index (χ1n) is 8.61. The van der Waals surface area contributed by atoms with Gasteiger partial charge in [0.2, 0.25) is 5.91 Å². The molecule has 0 bridgehead atoms. The molecule has 1 aliphatic carbocycles. The van der Waals surface area contributed by atoms with Gasteiger partial charge in [0.1, 0.15) is 0 Å². The summed E-state index contributed by atoms with van der Waals surface area (Å²) in [5, 5.41) is 3.25. The third kappa shape index (κ3) is 4.37. The highest BCUT2D eigenvalue weighted by molar-refractivity contribution is 7.18. The number of nitrogens with two attached hydrogens (primary N) is 1. The van der Waals surface area contributed by atoms with E-state index >= 15 is 0 Å². The summed E-state index contributed by atoms with van der Waals surface area (Å²) in [4.78, 5) is 39.5. The van der Waals surface area contributed by atoms with Crippen molar-refractivity contribution in [1.29, 1.82) is 0 Å². The van der Waals surface area contributed by atoms with E-state index in [9.17, 15) is 14.4 Å². The third-order valence-electron chi connectivity index (χ3n) is 4.50. The number of primary amides is 1. The molecule has 2 atom stereocenters. The van der Waals surface area contributed by atoms with Crippen molar-refractivity contribution in [2.75, 3.05) is 13.2 Å². The van der Waals surface area contributed by atoms with Gasteiger partial charge in [-0.25, -0.2) is 4.98 Å². The summed E-state index contributed by atoms with van der Waals surface area (Å²) in [5.74, 6) is -1.85. The van der Waals surface area contributed by atoms with Crippen molar-refractivity contribution in [3.05, 3.63) is 29.3 Å². The predicted molar refractivity (Wildman–Crippen MR) is 97.5 cm³/mol. The number of esters is 1. The summed E-state index contributed by atoms with van der Waals surface area (Å²) >= 11 is 1.61. The molecule has 1 heterocycles. The highest BCUT2D eigenvalue weighted by atomic mass is 32.1. The number of para-hydroxylation sites is 1. The summed E-state index contributed by atoms with van der Waals surface area (Å²) in [7, 11) is 0. The van der Waals surface area contributed by atoms with Crippen molar-refractivity contribution in [1.82, 2.24) is 10.3 Å². The fourth-order valence-electron chi connectivity index (χ4n) is 3.24. The van der Waals surface area contributed by atoms with Crippen LogP contribution in [0.25, 0.3) is 10.2 Å². The van der Waals surface area contributed by atoms with Gasteiger partial charge in [-0.1, -0.05) is 25.0 Å². The van der Waals surface area contributed by atoms with Crippen LogP contribution in [-0.4, -0.2) is 35.9 Å². The van der Waals surface area contributed by atoms with Crippen LogP contribution in [0.5, 0.6) is 0 Å². The molecule has 1 fully saturated rings. The lowest BCUT2D eigenvalue weighted by Gasteiger charge is -2.28. The quantitative estimate of drug-likeness (QED) is 0.747. The Morgan fingerprint density at radius 3 is 2.77 bits per heavy atom. The first-order chi connectivity index (χ1) is 12.5. The molecule has 1 aromatic heterocycles. The van der Waals surface area contributed by atoms with Crippen molar-refractivity contribution < 1.29 is 19.1 Å². The van der Waals surface area contributed by atoms with E-state index in [1.54, 1.807) is 11.3 Å². The second kappa shape index (κ2) is 8.27. The van der Waals surface area contributed by atoms with Crippen molar-refractivity contribution >= 4 is 39.3 Å². The molecule has 0 radical (unpaired) electrons. The van der Waals surface area contributed by atoms with Crippen molar-refractivity contribution in [2.45, 2.75) is 31.6 Å². The molecule has 26 heavy (non-hydrogen) atoms. The van der Waals surface area contributed by atoms with Crippen molar-refractivity contribution in [3.8, 4) is 0 Å². The molecule has 0 aliphatic heterocycles. The van der Waals surface area contributed by atoms with E-state index in [1.807, 2.05) is 24.3 Å². The average molecular weight is 375 g/mol. The largest absolute Gasteiger partial charge is 0.455 e. The van der Waals surface area contributed by atoms with Crippen LogP contribution in [0.1, 0.15) is 36.6 Å². The molecule has 3 N–H and O–H groups in total. The number of ether oxygens (including phenoxy) is 1. The number of carbonyl (C=O) groups is 3. The SMILES string of the molecule is NC(=O)CNC(=O)COC(=O)[C@H]1CCCC[C@@H]1c1nc2ccccc2s1. The van der Waals surface area contributed by atoms with E-state index in [0.717, 1.165) is 40.9 Å². The van der Waals surface area contributed by atoms with E-state index in [2.05, 4.69) is 5.32 Å². The first-order valence-corrected chi connectivity index (χ1v) is 9.43.